The van der Waals surface area contributed by atoms with E-state index in [-0.39, 0.29) is 0 Å². The highest BCUT2D eigenvalue weighted by Gasteiger charge is 1.75. The molecule has 0 aliphatic rings. The lowest BCUT2D eigenvalue weighted by molar-refractivity contribution is -0.671. The number of nitrogens with zero attached hydrogens (tertiary/aromatic N) is 1. The van der Waals surface area contributed by atoms with E-state index in [1.54, 1.807) is 0 Å². The maximum atomic E-state index is 2.00. The molecule has 0 spiro atoms. The van der Waals surface area contributed by atoms with Crippen LogP contribution in [0, 0.1) is 0 Å². The first-order valence-electron chi connectivity index (χ1n) is 3.63. The van der Waals surface area contributed by atoms with Crippen LogP contribution in [0.5, 0.6) is 0 Å². The molecule has 0 atom stereocenters. The number of hydrogen-bond acceptors (Lipinski definition) is 0. The van der Waals surface area contributed by atoms with Gasteiger partial charge in [-0.15, -0.1) is 0 Å². The van der Waals surface area contributed by atoms with Crippen molar-refractivity contribution >= 4 is 0 Å². The molecule has 0 aliphatic carbocycles. The molecule has 0 saturated carbocycles. The Hall–Kier alpha value is -1.37. The van der Waals surface area contributed by atoms with Gasteiger partial charge in [0.05, 0.1) is 0 Å². The minimum Gasteiger partial charge on any atom is -0.208 e. The van der Waals surface area contributed by atoms with Crippen LogP contribution in [-0.2, 0) is 7.05 Å². The Morgan fingerprint density at radius 2 is 1.00 bits per heavy atom. The smallest absolute Gasteiger partial charge is 0.168 e. The summed E-state index contributed by atoms with van der Waals surface area (Å²) in [6, 6.07) is 14.0. The van der Waals surface area contributed by atoms with Gasteiger partial charge in [0.1, 0.15) is 7.05 Å². The molecule has 1 heteroatoms. The zero-order chi connectivity index (χ0) is 7.94. The largest absolute Gasteiger partial charge is 0.208 e. The number of aromatic nitrogens is 1. The summed E-state index contributed by atoms with van der Waals surface area (Å²) >= 11 is 0. The van der Waals surface area contributed by atoms with Crippen LogP contribution in [0.3, 0.4) is 0 Å². The highest BCUT2D eigenvalue weighted by molar-refractivity contribution is 4.92. The molecule has 0 N–H and O–H groups in total. The van der Waals surface area contributed by atoms with E-state index in [4.69, 9.17) is 0 Å². The molecule has 1 nitrogen and oxygen atoms in total. The SMILES string of the molecule is C[n+]1ccccccccc1. The third kappa shape index (κ3) is 3.36. The summed E-state index contributed by atoms with van der Waals surface area (Å²) in [6.45, 7) is 0. The quantitative estimate of drug-likeness (QED) is 0.490. The lowest BCUT2D eigenvalue weighted by Gasteiger charge is -1.76. The molecule has 56 valence electrons. The third-order valence-corrected chi connectivity index (χ3v) is 1.31. The molecule has 0 aromatic carbocycles. The maximum absolute atomic E-state index is 2.00. The van der Waals surface area contributed by atoms with Gasteiger partial charge in [-0.05, 0) is 0 Å². The van der Waals surface area contributed by atoms with E-state index in [1.165, 1.54) is 0 Å². The van der Waals surface area contributed by atoms with E-state index in [2.05, 4.69) is 0 Å². The van der Waals surface area contributed by atoms with Gasteiger partial charge in [-0.3, -0.25) is 0 Å². The second-order valence-corrected chi connectivity index (χ2v) is 2.31. The fourth-order valence-corrected chi connectivity index (χ4v) is 0.741. The average Bonchev–Trinajstić information content (AvgIpc) is 2.03. The first-order chi connectivity index (χ1) is 5.39. The van der Waals surface area contributed by atoms with Gasteiger partial charge < -0.3 is 0 Å². The minimum absolute atomic E-state index is 2.00. The fourth-order valence-electron chi connectivity index (χ4n) is 0.741. The Bertz CT molecular complexity index is 242. The summed E-state index contributed by atoms with van der Waals surface area (Å²) in [5, 5.41) is 0. The standard InChI is InChI=1S/C10H12N/c1-11-9-7-5-3-2-4-6-8-10-11/h2-10H,1H3/q+1. The minimum atomic E-state index is 2.00. The zero-order valence-corrected chi connectivity index (χ0v) is 6.64. The summed E-state index contributed by atoms with van der Waals surface area (Å²) < 4.78 is 2.00. The summed E-state index contributed by atoms with van der Waals surface area (Å²) in [5.41, 5.74) is 0. The summed E-state index contributed by atoms with van der Waals surface area (Å²) in [4.78, 5) is 0. The molecule has 1 rings (SSSR count). The van der Waals surface area contributed by atoms with Crippen molar-refractivity contribution in [3.63, 3.8) is 0 Å². The van der Waals surface area contributed by atoms with Gasteiger partial charge in [0.2, 0.25) is 0 Å². The molecule has 0 amide bonds. The van der Waals surface area contributed by atoms with Crippen LogP contribution in [0.15, 0.2) is 54.9 Å². The Kier molecular flexibility index (Phi) is 3.13. The van der Waals surface area contributed by atoms with Gasteiger partial charge in [0, 0.05) is 12.1 Å². The highest BCUT2D eigenvalue weighted by atomic mass is 14.9. The molecule has 0 bridgehead atoms. The molecule has 1 aromatic heterocycles. The van der Waals surface area contributed by atoms with Gasteiger partial charge in [-0.2, -0.15) is 0 Å². The first kappa shape index (κ1) is 7.73. The summed E-state index contributed by atoms with van der Waals surface area (Å²) in [5.74, 6) is 0. The molecule has 0 saturated heterocycles. The summed E-state index contributed by atoms with van der Waals surface area (Å²) in [7, 11) is 2.00. The molecule has 11 heavy (non-hydrogen) atoms. The van der Waals surface area contributed by atoms with Gasteiger partial charge >= 0.3 is 0 Å². The predicted molar refractivity (Wildman–Crippen MR) is 45.2 cm³/mol. The summed E-state index contributed by atoms with van der Waals surface area (Å²) in [6.07, 6.45) is 4.00. The van der Waals surface area contributed by atoms with Crippen LogP contribution < -0.4 is 4.57 Å². The van der Waals surface area contributed by atoms with Crippen LogP contribution >= 0.6 is 0 Å². The van der Waals surface area contributed by atoms with E-state index in [1.807, 2.05) is 66.5 Å². The van der Waals surface area contributed by atoms with Crippen molar-refractivity contribution in [3.05, 3.63) is 54.9 Å². The van der Waals surface area contributed by atoms with Crippen molar-refractivity contribution in [2.45, 2.75) is 0 Å². The Labute approximate surface area is 67.3 Å². The molecule has 0 fully saturated rings. The zero-order valence-electron chi connectivity index (χ0n) is 6.64. The Morgan fingerprint density at radius 3 is 1.45 bits per heavy atom. The van der Waals surface area contributed by atoms with E-state index in [0.717, 1.165) is 0 Å². The van der Waals surface area contributed by atoms with E-state index >= 15 is 0 Å². The molecular formula is C10H12N+. The lowest BCUT2D eigenvalue weighted by atomic mass is 10.4. The van der Waals surface area contributed by atoms with Gasteiger partial charge in [-0.1, -0.05) is 30.3 Å². The number of rotatable bonds is 0. The second kappa shape index (κ2) is 4.45. The number of hydrogen-bond donors (Lipinski definition) is 0. The highest BCUT2D eigenvalue weighted by Crippen LogP contribution is 1.76. The van der Waals surface area contributed by atoms with E-state index < -0.39 is 0 Å². The molecular weight excluding hydrogens is 134 g/mol. The molecule has 0 unspecified atom stereocenters. The van der Waals surface area contributed by atoms with Crippen molar-refractivity contribution in [1.29, 1.82) is 0 Å². The van der Waals surface area contributed by atoms with Crippen LogP contribution in [-0.4, -0.2) is 0 Å². The predicted octanol–water partition coefficient (Wildman–Crippen LogP) is 1.64. The van der Waals surface area contributed by atoms with Crippen molar-refractivity contribution in [1.82, 2.24) is 0 Å². The van der Waals surface area contributed by atoms with Gasteiger partial charge in [-0.25, -0.2) is 4.57 Å². The maximum Gasteiger partial charge on any atom is 0.168 e. The van der Waals surface area contributed by atoms with Crippen molar-refractivity contribution in [2.24, 2.45) is 7.05 Å². The fraction of sp³-hybridized carbons (Fsp3) is 0.100. The average molecular weight is 146 g/mol. The van der Waals surface area contributed by atoms with Crippen molar-refractivity contribution in [2.75, 3.05) is 0 Å². The first-order valence-corrected chi connectivity index (χ1v) is 3.63. The molecule has 1 aromatic rings. The second-order valence-electron chi connectivity index (χ2n) is 2.31. The molecule has 0 radical (unpaired) electrons. The third-order valence-electron chi connectivity index (χ3n) is 1.31. The number of aryl methyl sites for hydroxylation is 1. The van der Waals surface area contributed by atoms with Crippen LogP contribution in [0.1, 0.15) is 0 Å². The molecule has 0 aliphatic heterocycles. The normalized spacial score (nSPS) is 8.45. The van der Waals surface area contributed by atoms with Gasteiger partial charge in [0.15, 0.2) is 12.4 Å². The van der Waals surface area contributed by atoms with Gasteiger partial charge in [0.25, 0.3) is 0 Å². The van der Waals surface area contributed by atoms with Crippen molar-refractivity contribution in [3.8, 4) is 0 Å². The molecule has 1 heterocycles. The van der Waals surface area contributed by atoms with Crippen LogP contribution in [0.4, 0.5) is 0 Å². The van der Waals surface area contributed by atoms with Crippen molar-refractivity contribution < 1.29 is 4.57 Å². The van der Waals surface area contributed by atoms with E-state index in [9.17, 15) is 0 Å². The Morgan fingerprint density at radius 1 is 0.636 bits per heavy atom. The van der Waals surface area contributed by atoms with E-state index in [0.29, 0.717) is 0 Å². The monoisotopic (exact) mass is 146 g/mol. The van der Waals surface area contributed by atoms with Crippen LogP contribution in [0.2, 0.25) is 0 Å². The Balaban J connectivity index is 3.11. The lowest BCUT2D eigenvalue weighted by Crippen LogP contribution is -2.24. The topological polar surface area (TPSA) is 3.88 Å². The van der Waals surface area contributed by atoms with Crippen LogP contribution in [0.25, 0.3) is 0 Å².